The normalized spacial score (nSPS) is 12.2. The van der Waals surface area contributed by atoms with Crippen LogP contribution in [-0.2, 0) is 20.4 Å². The number of ether oxygens (including phenoxy) is 1. The molecule has 0 heterocycles. The molecule has 0 aromatic heterocycles. The Hall–Kier alpha value is -2.94. The summed E-state index contributed by atoms with van der Waals surface area (Å²) in [4.78, 5) is 24.1. The summed E-state index contributed by atoms with van der Waals surface area (Å²) in [6.07, 6.45) is 0. The van der Waals surface area contributed by atoms with Gasteiger partial charge in [0.1, 0.15) is 18.3 Å². The second-order valence-electron chi connectivity index (χ2n) is 6.24. The molecule has 0 fully saturated rings. The Bertz CT molecular complexity index is 856. The van der Waals surface area contributed by atoms with Gasteiger partial charge in [-0.3, -0.25) is 4.79 Å². The van der Waals surface area contributed by atoms with Crippen molar-refractivity contribution in [1.82, 2.24) is 16.0 Å². The van der Waals surface area contributed by atoms with E-state index in [2.05, 4.69) is 20.7 Å². The Morgan fingerprint density at radius 3 is 2.45 bits per heavy atom. The maximum Gasteiger partial charge on any atom is 0.387 e. The van der Waals surface area contributed by atoms with Crippen LogP contribution in [0.1, 0.15) is 19.4 Å². The summed E-state index contributed by atoms with van der Waals surface area (Å²) in [5, 5.41) is 15.5. The van der Waals surface area contributed by atoms with Gasteiger partial charge in [-0.15, -0.1) is 0 Å². The number of nitrogens with zero attached hydrogens (tertiary/aromatic N) is 1. The number of alkyl halides is 2. The highest BCUT2D eigenvalue weighted by Gasteiger charge is 2.28. The van der Waals surface area contributed by atoms with Crippen LogP contribution >= 0.6 is 0 Å². The molecule has 0 bridgehead atoms. The van der Waals surface area contributed by atoms with Gasteiger partial charge < -0.3 is 20.7 Å². The molecule has 0 radical (unpaired) electrons. The van der Waals surface area contributed by atoms with Crippen LogP contribution < -0.4 is 20.7 Å². The van der Waals surface area contributed by atoms with E-state index in [-0.39, 0.29) is 23.9 Å². The van der Waals surface area contributed by atoms with Crippen molar-refractivity contribution in [1.29, 1.82) is 5.26 Å². The summed E-state index contributed by atoms with van der Waals surface area (Å²) in [7, 11) is -4.05. The molecule has 3 N–H and O–H groups in total. The lowest BCUT2D eigenvalue weighted by Crippen LogP contribution is -2.54. The van der Waals surface area contributed by atoms with Gasteiger partial charge in [0.25, 0.3) is 0 Å². The number of sulfone groups is 1. The second-order valence-corrected chi connectivity index (χ2v) is 8.35. The van der Waals surface area contributed by atoms with Crippen molar-refractivity contribution in [3.05, 3.63) is 29.8 Å². The Morgan fingerprint density at radius 2 is 1.86 bits per heavy atom. The summed E-state index contributed by atoms with van der Waals surface area (Å²) < 4.78 is 54.5. The number of hydrogen-bond acceptors (Lipinski definition) is 6. The van der Waals surface area contributed by atoms with Gasteiger partial charge in [0.05, 0.1) is 17.6 Å². The van der Waals surface area contributed by atoms with Crippen molar-refractivity contribution in [3.8, 4) is 11.8 Å². The highest BCUT2D eigenvalue weighted by atomic mass is 32.2. The number of halogens is 2. The largest absolute Gasteiger partial charge is 0.435 e. The van der Waals surface area contributed by atoms with Crippen molar-refractivity contribution in [2.24, 2.45) is 0 Å². The van der Waals surface area contributed by atoms with Crippen LogP contribution in [0.4, 0.5) is 13.6 Å². The first-order valence-electron chi connectivity index (χ1n) is 8.49. The molecular formula is C17H22F2N4O5S. The monoisotopic (exact) mass is 432 g/mol. The van der Waals surface area contributed by atoms with Gasteiger partial charge in [-0.25, -0.2) is 13.2 Å². The van der Waals surface area contributed by atoms with Crippen molar-refractivity contribution < 1.29 is 31.5 Å². The summed E-state index contributed by atoms with van der Waals surface area (Å²) in [5.41, 5.74) is -0.0179. The fourth-order valence-electron chi connectivity index (χ4n) is 2.28. The van der Waals surface area contributed by atoms with Gasteiger partial charge in [0, 0.05) is 11.6 Å². The number of nitriles is 1. The molecule has 1 aromatic carbocycles. The number of para-hydroxylation sites is 1. The molecule has 29 heavy (non-hydrogen) atoms. The Labute approximate surface area is 167 Å². The van der Waals surface area contributed by atoms with E-state index in [1.165, 1.54) is 24.3 Å². The van der Waals surface area contributed by atoms with E-state index in [0.29, 0.717) is 0 Å². The molecular weight excluding hydrogens is 410 g/mol. The van der Waals surface area contributed by atoms with E-state index in [0.717, 1.165) is 0 Å². The van der Waals surface area contributed by atoms with Crippen molar-refractivity contribution >= 4 is 21.8 Å². The third-order valence-electron chi connectivity index (χ3n) is 3.37. The second kappa shape index (κ2) is 11.2. The first kappa shape index (κ1) is 24.1. The highest BCUT2D eigenvalue weighted by Crippen LogP contribution is 2.22. The third-order valence-corrected chi connectivity index (χ3v) is 4.96. The Balaban J connectivity index is 2.99. The molecule has 0 aliphatic rings. The molecule has 9 nitrogen and oxygen atoms in total. The number of carbonyl (C=O) groups excluding carboxylic acids is 2. The van der Waals surface area contributed by atoms with Crippen LogP contribution in [0.15, 0.2) is 24.3 Å². The fourth-order valence-corrected chi connectivity index (χ4v) is 3.85. The van der Waals surface area contributed by atoms with Crippen LogP contribution in [0.3, 0.4) is 0 Å². The van der Waals surface area contributed by atoms with Crippen LogP contribution in [-0.4, -0.2) is 51.3 Å². The zero-order valence-corrected chi connectivity index (χ0v) is 16.6. The third kappa shape index (κ3) is 9.20. The molecule has 0 aliphatic carbocycles. The maximum absolute atomic E-state index is 12.6. The van der Waals surface area contributed by atoms with E-state index >= 15 is 0 Å². The van der Waals surface area contributed by atoms with Crippen molar-refractivity contribution in [2.45, 2.75) is 38.3 Å². The van der Waals surface area contributed by atoms with Gasteiger partial charge >= 0.3 is 12.6 Å². The zero-order chi connectivity index (χ0) is 22.0. The molecule has 0 saturated heterocycles. The summed E-state index contributed by atoms with van der Waals surface area (Å²) in [6, 6.07) is 4.50. The molecule has 0 spiro atoms. The van der Waals surface area contributed by atoms with Gasteiger partial charge in [0.2, 0.25) is 5.91 Å². The highest BCUT2D eigenvalue weighted by molar-refractivity contribution is 7.90. The lowest BCUT2D eigenvalue weighted by Gasteiger charge is -2.19. The van der Waals surface area contributed by atoms with E-state index in [1.807, 2.05) is 0 Å². The Kier molecular flexibility index (Phi) is 9.27. The van der Waals surface area contributed by atoms with Crippen LogP contribution in [0, 0.1) is 11.3 Å². The minimum Gasteiger partial charge on any atom is -0.435 e. The van der Waals surface area contributed by atoms with Crippen molar-refractivity contribution in [2.75, 3.05) is 12.3 Å². The maximum atomic E-state index is 12.6. The van der Waals surface area contributed by atoms with Gasteiger partial charge in [-0.2, -0.15) is 14.0 Å². The number of nitrogens with one attached hydrogen (secondary N) is 3. The first-order valence-corrected chi connectivity index (χ1v) is 10.3. The summed E-state index contributed by atoms with van der Waals surface area (Å²) >= 11 is 0. The first-order chi connectivity index (χ1) is 13.5. The zero-order valence-electron chi connectivity index (χ0n) is 15.8. The number of urea groups is 1. The van der Waals surface area contributed by atoms with Crippen LogP contribution in [0.2, 0.25) is 0 Å². The quantitative estimate of drug-likeness (QED) is 0.470. The standard InChI is InChI=1S/C17H22F2N4O5S/c1-11(2)22-17(25)23-13(15(24)21-8-7-20)10-29(26,27)9-12-5-3-4-6-14(12)28-16(18)19/h3-6,11,13,16H,8-10H2,1-2H3,(H,21,24)(H2,22,23,25). The molecule has 1 atom stereocenters. The van der Waals surface area contributed by atoms with E-state index < -0.39 is 45.9 Å². The molecule has 160 valence electrons. The number of rotatable bonds is 10. The minimum atomic E-state index is -4.05. The van der Waals surface area contributed by atoms with E-state index in [1.54, 1.807) is 19.9 Å². The van der Waals surface area contributed by atoms with E-state index in [4.69, 9.17) is 5.26 Å². The molecule has 3 amide bonds. The average Bonchev–Trinajstić information content (AvgIpc) is 2.59. The van der Waals surface area contributed by atoms with Gasteiger partial charge in [0.15, 0.2) is 9.84 Å². The van der Waals surface area contributed by atoms with Gasteiger partial charge in [-0.1, -0.05) is 18.2 Å². The number of carbonyl (C=O) groups is 2. The summed E-state index contributed by atoms with van der Waals surface area (Å²) in [5.74, 6) is -2.67. The van der Waals surface area contributed by atoms with Crippen LogP contribution in [0.5, 0.6) is 5.75 Å². The molecule has 1 aromatic rings. The topological polar surface area (TPSA) is 137 Å². The van der Waals surface area contributed by atoms with Gasteiger partial charge in [-0.05, 0) is 19.9 Å². The molecule has 0 aliphatic heterocycles. The minimum absolute atomic E-state index is 0.0179. The fraction of sp³-hybridized carbons (Fsp3) is 0.471. The SMILES string of the molecule is CC(C)NC(=O)NC(CS(=O)(=O)Cc1ccccc1OC(F)F)C(=O)NCC#N. The predicted molar refractivity (Wildman–Crippen MR) is 99.8 cm³/mol. The predicted octanol–water partition coefficient (Wildman–Crippen LogP) is 0.919. The number of hydrogen-bond donors (Lipinski definition) is 3. The average molecular weight is 432 g/mol. The van der Waals surface area contributed by atoms with Crippen LogP contribution in [0.25, 0.3) is 0 Å². The Morgan fingerprint density at radius 1 is 1.21 bits per heavy atom. The van der Waals surface area contributed by atoms with E-state index in [9.17, 15) is 26.8 Å². The molecule has 0 saturated carbocycles. The lowest BCUT2D eigenvalue weighted by atomic mass is 10.2. The smallest absolute Gasteiger partial charge is 0.387 e. The lowest BCUT2D eigenvalue weighted by molar-refractivity contribution is -0.122. The number of amides is 3. The number of benzene rings is 1. The molecule has 12 heteroatoms. The molecule has 1 rings (SSSR count). The van der Waals surface area contributed by atoms with Crippen molar-refractivity contribution in [3.63, 3.8) is 0 Å². The summed E-state index contributed by atoms with van der Waals surface area (Å²) in [6.45, 7) is -0.180. The molecule has 1 unspecified atom stereocenters.